The molecule has 1 aromatic heterocycles. The first-order valence-electron chi connectivity index (χ1n) is 9.14. The lowest BCUT2D eigenvalue weighted by Crippen LogP contribution is -2.43. The summed E-state index contributed by atoms with van der Waals surface area (Å²) < 4.78 is 16.0. The van der Waals surface area contributed by atoms with Gasteiger partial charge in [0.25, 0.3) is 5.91 Å². The van der Waals surface area contributed by atoms with Crippen molar-refractivity contribution in [3.63, 3.8) is 0 Å². The fraction of sp³-hybridized carbons (Fsp3) is 0.400. The molecule has 2 amide bonds. The van der Waals surface area contributed by atoms with E-state index in [0.29, 0.717) is 43.4 Å². The van der Waals surface area contributed by atoms with Crippen LogP contribution in [0.2, 0.25) is 0 Å². The Labute approximate surface area is 163 Å². The number of anilines is 1. The van der Waals surface area contributed by atoms with E-state index < -0.39 is 0 Å². The highest BCUT2D eigenvalue weighted by Gasteiger charge is 2.27. The van der Waals surface area contributed by atoms with Crippen molar-refractivity contribution in [1.29, 1.82) is 0 Å². The molecule has 28 heavy (non-hydrogen) atoms. The van der Waals surface area contributed by atoms with Crippen LogP contribution in [0.25, 0.3) is 0 Å². The minimum absolute atomic E-state index is 0.0891. The van der Waals surface area contributed by atoms with Crippen molar-refractivity contribution < 1.29 is 23.5 Å². The molecule has 0 spiro atoms. The van der Waals surface area contributed by atoms with Crippen LogP contribution in [0.1, 0.15) is 22.5 Å². The number of carbonyl (C=O) groups is 2. The number of ether oxygens (including phenoxy) is 2. The van der Waals surface area contributed by atoms with Crippen LogP contribution < -0.4 is 20.3 Å². The van der Waals surface area contributed by atoms with Crippen LogP contribution in [-0.2, 0) is 16.1 Å². The SMILES string of the molecule is COCCNC(=O)c1ccc2c(c1)N(C)[C@@H](CC(=O)NCc1ccco1)CO2. The minimum atomic E-state index is -0.174. The van der Waals surface area contributed by atoms with E-state index in [-0.39, 0.29) is 24.3 Å². The standard InChI is InChI=1S/C20H25N3O5/c1-23-15(11-19(24)22-12-16-4-3-8-27-16)13-28-18-6-5-14(10-17(18)23)20(25)21-7-9-26-2/h3-6,8,10,15H,7,9,11-13H2,1-2H3,(H,21,25)(H,22,24)/t15-/m0/s1. The monoisotopic (exact) mass is 387 g/mol. The Morgan fingerprint density at radius 3 is 2.89 bits per heavy atom. The van der Waals surface area contributed by atoms with Crippen LogP contribution in [0.4, 0.5) is 5.69 Å². The fourth-order valence-corrected chi connectivity index (χ4v) is 3.00. The van der Waals surface area contributed by atoms with Crippen LogP contribution in [0.3, 0.4) is 0 Å². The number of fused-ring (bicyclic) bond motifs is 1. The maximum absolute atomic E-state index is 12.3. The second kappa shape index (κ2) is 9.27. The van der Waals surface area contributed by atoms with Gasteiger partial charge in [0, 0.05) is 26.3 Å². The lowest BCUT2D eigenvalue weighted by molar-refractivity contribution is -0.121. The summed E-state index contributed by atoms with van der Waals surface area (Å²) in [5.41, 5.74) is 1.32. The zero-order valence-corrected chi connectivity index (χ0v) is 16.1. The van der Waals surface area contributed by atoms with E-state index in [4.69, 9.17) is 13.9 Å². The Bertz CT molecular complexity index is 806. The number of nitrogens with one attached hydrogen (secondary N) is 2. The molecule has 3 rings (SSSR count). The Balaban J connectivity index is 1.60. The van der Waals surface area contributed by atoms with Crippen LogP contribution in [-0.4, -0.2) is 51.8 Å². The molecule has 0 radical (unpaired) electrons. The van der Waals surface area contributed by atoms with Crippen molar-refractivity contribution in [2.75, 3.05) is 38.8 Å². The summed E-state index contributed by atoms with van der Waals surface area (Å²) in [6.45, 7) is 1.65. The molecule has 0 unspecified atom stereocenters. The highest BCUT2D eigenvalue weighted by atomic mass is 16.5. The molecule has 0 saturated carbocycles. The Morgan fingerprint density at radius 1 is 1.29 bits per heavy atom. The van der Waals surface area contributed by atoms with Gasteiger partial charge in [0.15, 0.2) is 0 Å². The van der Waals surface area contributed by atoms with E-state index in [1.165, 1.54) is 0 Å². The van der Waals surface area contributed by atoms with Crippen molar-refractivity contribution in [1.82, 2.24) is 10.6 Å². The smallest absolute Gasteiger partial charge is 0.251 e. The number of methoxy groups -OCH3 is 1. The van der Waals surface area contributed by atoms with Gasteiger partial charge in [-0.25, -0.2) is 0 Å². The molecular formula is C20H25N3O5. The third-order valence-corrected chi connectivity index (χ3v) is 4.63. The first-order valence-corrected chi connectivity index (χ1v) is 9.14. The molecule has 0 aliphatic carbocycles. The van der Waals surface area contributed by atoms with Gasteiger partial charge in [-0.3, -0.25) is 9.59 Å². The van der Waals surface area contributed by atoms with E-state index in [1.54, 1.807) is 37.6 Å². The average Bonchev–Trinajstić information content (AvgIpc) is 3.22. The van der Waals surface area contributed by atoms with Crippen molar-refractivity contribution in [3.8, 4) is 5.75 Å². The molecule has 2 heterocycles. The van der Waals surface area contributed by atoms with E-state index in [9.17, 15) is 9.59 Å². The van der Waals surface area contributed by atoms with E-state index in [2.05, 4.69) is 10.6 Å². The van der Waals surface area contributed by atoms with Gasteiger partial charge in [0.2, 0.25) is 5.91 Å². The van der Waals surface area contributed by atoms with Crippen molar-refractivity contribution in [2.24, 2.45) is 0 Å². The zero-order chi connectivity index (χ0) is 19.9. The molecule has 1 atom stereocenters. The number of nitrogens with zero attached hydrogens (tertiary/aromatic N) is 1. The van der Waals surface area contributed by atoms with Crippen LogP contribution in [0, 0.1) is 0 Å². The fourth-order valence-electron chi connectivity index (χ4n) is 3.00. The average molecular weight is 387 g/mol. The largest absolute Gasteiger partial charge is 0.489 e. The van der Waals surface area contributed by atoms with Crippen LogP contribution >= 0.6 is 0 Å². The Morgan fingerprint density at radius 2 is 2.14 bits per heavy atom. The molecule has 2 aromatic rings. The number of amides is 2. The summed E-state index contributed by atoms with van der Waals surface area (Å²) in [6, 6.07) is 8.76. The number of hydrogen-bond donors (Lipinski definition) is 2. The van der Waals surface area contributed by atoms with Crippen molar-refractivity contribution in [3.05, 3.63) is 47.9 Å². The predicted octanol–water partition coefficient (Wildman–Crippen LogP) is 1.56. The second-order valence-corrected chi connectivity index (χ2v) is 6.57. The maximum Gasteiger partial charge on any atom is 0.251 e. The molecule has 0 fully saturated rings. The first kappa shape index (κ1) is 19.8. The van der Waals surface area contributed by atoms with E-state index >= 15 is 0 Å². The van der Waals surface area contributed by atoms with Gasteiger partial charge in [0.05, 0.1) is 37.6 Å². The van der Waals surface area contributed by atoms with Crippen molar-refractivity contribution >= 4 is 17.5 Å². The van der Waals surface area contributed by atoms with Gasteiger partial charge in [-0.1, -0.05) is 0 Å². The highest BCUT2D eigenvalue weighted by Crippen LogP contribution is 2.34. The van der Waals surface area contributed by atoms with E-state index in [1.807, 2.05) is 18.0 Å². The number of carbonyl (C=O) groups excluding carboxylic acids is 2. The minimum Gasteiger partial charge on any atom is -0.489 e. The van der Waals surface area contributed by atoms with Crippen LogP contribution in [0.5, 0.6) is 5.75 Å². The third kappa shape index (κ3) is 4.83. The van der Waals surface area contributed by atoms with Gasteiger partial charge < -0.3 is 29.4 Å². The quantitative estimate of drug-likeness (QED) is 0.668. The topological polar surface area (TPSA) is 93.0 Å². The molecule has 1 aliphatic heterocycles. The molecule has 0 saturated heterocycles. The predicted molar refractivity (Wildman–Crippen MR) is 104 cm³/mol. The van der Waals surface area contributed by atoms with E-state index in [0.717, 1.165) is 5.69 Å². The molecule has 0 bridgehead atoms. The Kier molecular flexibility index (Phi) is 6.54. The van der Waals surface area contributed by atoms with Crippen LogP contribution in [0.15, 0.2) is 41.0 Å². The second-order valence-electron chi connectivity index (χ2n) is 6.57. The maximum atomic E-state index is 12.3. The number of hydrogen-bond acceptors (Lipinski definition) is 6. The lowest BCUT2D eigenvalue weighted by atomic mass is 10.1. The van der Waals surface area contributed by atoms with Gasteiger partial charge in [-0.15, -0.1) is 0 Å². The molecule has 8 nitrogen and oxygen atoms in total. The Hall–Kier alpha value is -3.00. The van der Waals surface area contributed by atoms with Gasteiger partial charge in [-0.05, 0) is 30.3 Å². The molecule has 1 aromatic carbocycles. The summed E-state index contributed by atoms with van der Waals surface area (Å²) in [6.07, 6.45) is 1.85. The highest BCUT2D eigenvalue weighted by molar-refractivity contribution is 5.95. The summed E-state index contributed by atoms with van der Waals surface area (Å²) >= 11 is 0. The molecule has 2 N–H and O–H groups in total. The van der Waals surface area contributed by atoms with Gasteiger partial charge in [0.1, 0.15) is 18.1 Å². The number of rotatable bonds is 8. The first-order chi connectivity index (χ1) is 13.6. The number of likely N-dealkylation sites (N-methyl/N-ethyl adjacent to an activating group) is 1. The molecule has 8 heteroatoms. The number of benzene rings is 1. The zero-order valence-electron chi connectivity index (χ0n) is 16.1. The normalized spacial score (nSPS) is 15.5. The number of furan rings is 1. The molecular weight excluding hydrogens is 362 g/mol. The summed E-state index contributed by atoms with van der Waals surface area (Å²) in [7, 11) is 3.49. The molecule has 1 aliphatic rings. The summed E-state index contributed by atoms with van der Waals surface area (Å²) in [4.78, 5) is 26.5. The summed E-state index contributed by atoms with van der Waals surface area (Å²) in [5, 5.41) is 5.64. The van der Waals surface area contributed by atoms with Gasteiger partial charge in [-0.2, -0.15) is 0 Å². The lowest BCUT2D eigenvalue weighted by Gasteiger charge is -2.35. The third-order valence-electron chi connectivity index (χ3n) is 4.63. The van der Waals surface area contributed by atoms with Gasteiger partial charge >= 0.3 is 0 Å². The summed E-state index contributed by atoms with van der Waals surface area (Å²) in [5.74, 6) is 1.14. The van der Waals surface area contributed by atoms with Crippen molar-refractivity contribution in [2.45, 2.75) is 19.0 Å². The molecule has 150 valence electrons.